The Hall–Kier alpha value is -0.800. The molecule has 1 heterocycles. The van der Waals surface area contributed by atoms with E-state index in [1.165, 1.54) is 16.8 Å². The van der Waals surface area contributed by atoms with Gasteiger partial charge in [-0.15, -0.1) is 0 Å². The van der Waals surface area contributed by atoms with E-state index in [0.717, 1.165) is 15.4 Å². The molecule has 0 fully saturated rings. The normalized spacial score (nSPS) is 17.6. The lowest BCUT2D eigenvalue weighted by molar-refractivity contribution is 0.824. The Kier molecular flexibility index (Phi) is 2.97. The standard InChI is InChI=1S/C14H11Br2N/c15-11-3-1-9(2-4-11)14-8-10-7-12(16)5-6-13(10)17-14/h1-7,14,17H,8H2/t14-/m1/s1. The van der Waals surface area contributed by atoms with Crippen LogP contribution in [-0.4, -0.2) is 0 Å². The number of anilines is 1. The lowest BCUT2D eigenvalue weighted by atomic mass is 10.0. The Morgan fingerprint density at radius 3 is 2.41 bits per heavy atom. The van der Waals surface area contributed by atoms with Crippen LogP contribution in [0.25, 0.3) is 0 Å². The number of rotatable bonds is 1. The van der Waals surface area contributed by atoms with Gasteiger partial charge in [-0.2, -0.15) is 0 Å². The molecule has 1 aliphatic heterocycles. The van der Waals surface area contributed by atoms with E-state index in [1.54, 1.807) is 0 Å². The van der Waals surface area contributed by atoms with Gasteiger partial charge in [-0.3, -0.25) is 0 Å². The molecular weight excluding hydrogens is 342 g/mol. The lowest BCUT2D eigenvalue weighted by Crippen LogP contribution is -2.05. The lowest BCUT2D eigenvalue weighted by Gasteiger charge is -2.11. The molecule has 0 aromatic heterocycles. The van der Waals surface area contributed by atoms with Crippen LogP contribution in [-0.2, 0) is 6.42 Å². The van der Waals surface area contributed by atoms with Crippen molar-refractivity contribution in [3.8, 4) is 0 Å². The van der Waals surface area contributed by atoms with E-state index in [9.17, 15) is 0 Å². The second-order valence-corrected chi connectivity index (χ2v) is 6.09. The van der Waals surface area contributed by atoms with Gasteiger partial charge in [-0.1, -0.05) is 44.0 Å². The predicted molar refractivity (Wildman–Crippen MR) is 78.4 cm³/mol. The van der Waals surface area contributed by atoms with Crippen molar-refractivity contribution < 1.29 is 0 Å². The van der Waals surface area contributed by atoms with Gasteiger partial charge in [0.1, 0.15) is 0 Å². The third-order valence-electron chi connectivity index (χ3n) is 3.09. The van der Waals surface area contributed by atoms with Crippen molar-refractivity contribution in [3.05, 3.63) is 62.5 Å². The van der Waals surface area contributed by atoms with Crippen molar-refractivity contribution in [1.29, 1.82) is 0 Å². The predicted octanol–water partition coefficient (Wildman–Crippen LogP) is 4.92. The Morgan fingerprint density at radius 2 is 1.65 bits per heavy atom. The molecule has 2 aromatic rings. The van der Waals surface area contributed by atoms with Gasteiger partial charge in [0.25, 0.3) is 0 Å². The molecule has 1 aliphatic rings. The molecule has 0 bridgehead atoms. The van der Waals surface area contributed by atoms with Crippen molar-refractivity contribution >= 4 is 37.5 Å². The summed E-state index contributed by atoms with van der Waals surface area (Å²) in [6, 6.07) is 15.3. The number of hydrogen-bond acceptors (Lipinski definition) is 1. The highest BCUT2D eigenvalue weighted by atomic mass is 79.9. The van der Waals surface area contributed by atoms with Gasteiger partial charge in [0, 0.05) is 14.6 Å². The number of nitrogens with one attached hydrogen (secondary N) is 1. The fourth-order valence-electron chi connectivity index (χ4n) is 2.23. The summed E-state index contributed by atoms with van der Waals surface area (Å²) in [5.41, 5.74) is 3.97. The molecule has 0 amide bonds. The quantitative estimate of drug-likeness (QED) is 0.767. The van der Waals surface area contributed by atoms with E-state index >= 15 is 0 Å². The fourth-order valence-corrected chi connectivity index (χ4v) is 2.90. The zero-order valence-corrected chi connectivity index (χ0v) is 12.3. The minimum Gasteiger partial charge on any atom is -0.378 e. The zero-order valence-electron chi connectivity index (χ0n) is 9.08. The van der Waals surface area contributed by atoms with Crippen molar-refractivity contribution in [3.63, 3.8) is 0 Å². The van der Waals surface area contributed by atoms with Gasteiger partial charge >= 0.3 is 0 Å². The van der Waals surface area contributed by atoms with Crippen LogP contribution in [0.3, 0.4) is 0 Å². The minimum atomic E-state index is 0.396. The maximum atomic E-state index is 3.56. The number of halogens is 2. The highest BCUT2D eigenvalue weighted by Crippen LogP contribution is 2.35. The summed E-state index contributed by atoms with van der Waals surface area (Å²) >= 11 is 6.98. The van der Waals surface area contributed by atoms with E-state index < -0.39 is 0 Å². The first kappa shape index (κ1) is 11.3. The first-order valence-corrected chi connectivity index (χ1v) is 7.11. The Bertz CT molecular complexity index is 549. The summed E-state index contributed by atoms with van der Waals surface area (Å²) in [5, 5.41) is 3.56. The first-order valence-electron chi connectivity index (χ1n) is 5.53. The third-order valence-corrected chi connectivity index (χ3v) is 4.12. The monoisotopic (exact) mass is 351 g/mol. The smallest absolute Gasteiger partial charge is 0.0555 e. The largest absolute Gasteiger partial charge is 0.378 e. The third kappa shape index (κ3) is 2.26. The summed E-state index contributed by atoms with van der Waals surface area (Å²) < 4.78 is 2.27. The number of benzene rings is 2. The number of fused-ring (bicyclic) bond motifs is 1. The van der Waals surface area contributed by atoms with Crippen LogP contribution in [0.5, 0.6) is 0 Å². The van der Waals surface area contributed by atoms with Gasteiger partial charge in [0.2, 0.25) is 0 Å². The minimum absolute atomic E-state index is 0.396. The van der Waals surface area contributed by atoms with Crippen LogP contribution >= 0.6 is 31.9 Å². The Labute approximate surface area is 117 Å². The van der Waals surface area contributed by atoms with E-state index in [4.69, 9.17) is 0 Å². The Morgan fingerprint density at radius 1 is 0.941 bits per heavy atom. The van der Waals surface area contributed by atoms with Crippen molar-refractivity contribution in [2.45, 2.75) is 12.5 Å². The van der Waals surface area contributed by atoms with Crippen molar-refractivity contribution in [1.82, 2.24) is 0 Å². The molecule has 0 radical (unpaired) electrons. The average Bonchev–Trinajstić information content (AvgIpc) is 2.72. The highest BCUT2D eigenvalue weighted by molar-refractivity contribution is 9.10. The maximum Gasteiger partial charge on any atom is 0.0555 e. The van der Waals surface area contributed by atoms with Gasteiger partial charge < -0.3 is 5.32 Å². The van der Waals surface area contributed by atoms with Crippen LogP contribution in [0.2, 0.25) is 0 Å². The average molecular weight is 353 g/mol. The molecule has 1 atom stereocenters. The SMILES string of the molecule is Brc1ccc([C@H]2Cc3cc(Br)ccc3N2)cc1. The number of hydrogen-bond donors (Lipinski definition) is 1. The Balaban J connectivity index is 1.88. The molecule has 1 nitrogen and oxygen atoms in total. The van der Waals surface area contributed by atoms with Crippen LogP contribution < -0.4 is 5.32 Å². The van der Waals surface area contributed by atoms with Gasteiger partial charge in [0.15, 0.2) is 0 Å². The van der Waals surface area contributed by atoms with Crippen LogP contribution in [0, 0.1) is 0 Å². The van der Waals surface area contributed by atoms with E-state index in [0.29, 0.717) is 6.04 Å². The van der Waals surface area contributed by atoms with Gasteiger partial charge in [-0.25, -0.2) is 0 Å². The van der Waals surface area contributed by atoms with E-state index in [1.807, 2.05) is 0 Å². The summed E-state index contributed by atoms with van der Waals surface area (Å²) in [6.07, 6.45) is 1.05. The molecule has 86 valence electrons. The second kappa shape index (κ2) is 4.46. The molecule has 1 N–H and O–H groups in total. The molecule has 0 aliphatic carbocycles. The second-order valence-electron chi connectivity index (χ2n) is 4.25. The van der Waals surface area contributed by atoms with Crippen LogP contribution in [0.15, 0.2) is 51.4 Å². The molecule has 2 aromatic carbocycles. The topological polar surface area (TPSA) is 12.0 Å². The fraction of sp³-hybridized carbons (Fsp3) is 0.143. The van der Waals surface area contributed by atoms with Gasteiger partial charge in [-0.05, 0) is 47.9 Å². The summed E-state index contributed by atoms with van der Waals surface area (Å²) in [7, 11) is 0. The molecule has 17 heavy (non-hydrogen) atoms. The van der Waals surface area contributed by atoms with Crippen molar-refractivity contribution in [2.75, 3.05) is 5.32 Å². The van der Waals surface area contributed by atoms with E-state index in [-0.39, 0.29) is 0 Å². The summed E-state index contributed by atoms with van der Waals surface area (Å²) in [4.78, 5) is 0. The van der Waals surface area contributed by atoms with Crippen LogP contribution in [0.1, 0.15) is 17.2 Å². The van der Waals surface area contributed by atoms with Crippen LogP contribution in [0.4, 0.5) is 5.69 Å². The molecule has 0 saturated heterocycles. The molecule has 0 unspecified atom stereocenters. The first-order chi connectivity index (χ1) is 8.22. The van der Waals surface area contributed by atoms with Gasteiger partial charge in [0.05, 0.1) is 6.04 Å². The molecule has 0 spiro atoms. The maximum absolute atomic E-state index is 3.56. The zero-order chi connectivity index (χ0) is 11.8. The highest BCUT2D eigenvalue weighted by Gasteiger charge is 2.21. The molecule has 3 rings (SSSR count). The molecular formula is C14H11Br2N. The summed E-state index contributed by atoms with van der Waals surface area (Å²) in [6.45, 7) is 0. The van der Waals surface area contributed by atoms with E-state index in [2.05, 4.69) is 79.6 Å². The molecule has 3 heteroatoms. The summed E-state index contributed by atoms with van der Waals surface area (Å²) in [5.74, 6) is 0. The molecule has 0 saturated carbocycles. The van der Waals surface area contributed by atoms with Crippen molar-refractivity contribution in [2.24, 2.45) is 0 Å².